The van der Waals surface area contributed by atoms with Crippen LogP contribution in [0.1, 0.15) is 51.4 Å². The topological polar surface area (TPSA) is 62.6 Å². The van der Waals surface area contributed by atoms with Gasteiger partial charge < -0.3 is 14.6 Å². The van der Waals surface area contributed by atoms with Crippen molar-refractivity contribution in [3.05, 3.63) is 41.7 Å². The zero-order valence-electron chi connectivity index (χ0n) is 17.0. The maximum Gasteiger partial charge on any atom is 0.244 e. The molecule has 3 rings (SSSR count). The smallest absolute Gasteiger partial charge is 0.244 e. The number of nitrogens with one attached hydrogen (secondary N) is 1. The van der Waals surface area contributed by atoms with Crippen LogP contribution in [-0.2, 0) is 16.0 Å². The second kappa shape index (κ2) is 9.09. The van der Waals surface area contributed by atoms with Crippen LogP contribution in [0, 0.1) is 5.92 Å². The van der Waals surface area contributed by atoms with Gasteiger partial charge in [-0.15, -0.1) is 0 Å². The Morgan fingerprint density at radius 2 is 1.96 bits per heavy atom. The monoisotopic (exact) mass is 382 g/mol. The van der Waals surface area contributed by atoms with Crippen molar-refractivity contribution in [2.75, 3.05) is 13.1 Å². The maximum atomic E-state index is 12.4. The van der Waals surface area contributed by atoms with E-state index in [1.54, 1.807) is 6.08 Å². The highest BCUT2D eigenvalue weighted by atomic mass is 16.3. The van der Waals surface area contributed by atoms with E-state index in [0.29, 0.717) is 25.4 Å². The van der Waals surface area contributed by atoms with Crippen molar-refractivity contribution < 1.29 is 14.0 Å². The number of nitrogens with zero attached hydrogens (tertiary/aromatic N) is 1. The van der Waals surface area contributed by atoms with Gasteiger partial charge in [0.2, 0.25) is 11.8 Å². The predicted molar refractivity (Wildman–Crippen MR) is 112 cm³/mol. The molecule has 1 aromatic carbocycles. The van der Waals surface area contributed by atoms with Crippen LogP contribution < -0.4 is 5.32 Å². The molecule has 0 unspecified atom stereocenters. The number of piperidine rings is 1. The second-order valence-electron chi connectivity index (χ2n) is 7.88. The summed E-state index contributed by atoms with van der Waals surface area (Å²) in [6.07, 6.45) is 6.42. The van der Waals surface area contributed by atoms with Gasteiger partial charge in [-0.3, -0.25) is 9.59 Å². The highest BCUT2D eigenvalue weighted by Gasteiger charge is 2.23. The Hall–Kier alpha value is -2.56. The van der Waals surface area contributed by atoms with Gasteiger partial charge in [-0.2, -0.15) is 0 Å². The summed E-state index contributed by atoms with van der Waals surface area (Å²) >= 11 is 0. The number of hydrogen-bond donors (Lipinski definition) is 1. The largest absolute Gasteiger partial charge is 0.460 e. The fourth-order valence-corrected chi connectivity index (χ4v) is 3.72. The van der Waals surface area contributed by atoms with Crippen molar-refractivity contribution in [1.82, 2.24) is 10.2 Å². The molecule has 2 heterocycles. The molecule has 150 valence electrons. The predicted octanol–water partition coefficient (Wildman–Crippen LogP) is 4.16. The number of likely N-dealkylation sites (tertiary alicyclic amines) is 1. The Kier molecular flexibility index (Phi) is 6.55. The van der Waals surface area contributed by atoms with Crippen LogP contribution in [0.4, 0.5) is 0 Å². The number of carbonyl (C=O) groups excluding carboxylic acids is 2. The molecule has 0 saturated carbocycles. The Bertz CT molecular complexity index is 858. The van der Waals surface area contributed by atoms with E-state index in [1.165, 1.54) is 0 Å². The van der Waals surface area contributed by atoms with Gasteiger partial charge in [0.25, 0.3) is 0 Å². The fraction of sp³-hybridized carbons (Fsp3) is 0.478. The van der Waals surface area contributed by atoms with Crippen molar-refractivity contribution in [3.8, 4) is 0 Å². The molecule has 1 fully saturated rings. The SMILES string of the molecule is CCc1oc2ccccc2c1/C=C\C(=O)NC1CCN(C(=O)CC(C)C)CC1. The third-order valence-corrected chi connectivity index (χ3v) is 5.21. The molecule has 5 heteroatoms. The summed E-state index contributed by atoms with van der Waals surface area (Å²) in [6.45, 7) is 7.59. The first-order chi connectivity index (χ1) is 13.5. The lowest BCUT2D eigenvalue weighted by molar-refractivity contribution is -0.133. The van der Waals surface area contributed by atoms with Gasteiger partial charge in [-0.05, 0) is 30.9 Å². The minimum atomic E-state index is -0.0979. The lowest BCUT2D eigenvalue weighted by Crippen LogP contribution is -2.46. The number of para-hydroxylation sites is 1. The molecule has 1 aliphatic rings. The minimum absolute atomic E-state index is 0.0979. The van der Waals surface area contributed by atoms with E-state index in [1.807, 2.05) is 42.2 Å². The van der Waals surface area contributed by atoms with E-state index in [2.05, 4.69) is 19.2 Å². The van der Waals surface area contributed by atoms with E-state index >= 15 is 0 Å². The molecule has 0 atom stereocenters. The van der Waals surface area contributed by atoms with Crippen LogP contribution in [0.3, 0.4) is 0 Å². The molecule has 0 bridgehead atoms. The Balaban J connectivity index is 1.56. The standard InChI is InChI=1S/C23H30N2O3/c1-4-20-19(18-7-5-6-8-21(18)28-20)9-10-22(26)24-17-11-13-25(14-12-17)23(27)15-16(2)3/h5-10,16-17H,4,11-15H2,1-3H3,(H,24,26)/b10-9-. The number of benzene rings is 1. The van der Waals surface area contributed by atoms with Gasteiger partial charge >= 0.3 is 0 Å². The van der Waals surface area contributed by atoms with Crippen LogP contribution >= 0.6 is 0 Å². The molecule has 0 spiro atoms. The molecule has 1 saturated heterocycles. The normalized spacial score (nSPS) is 15.6. The summed E-state index contributed by atoms with van der Waals surface area (Å²) in [6, 6.07) is 8.00. The molecule has 2 amide bonds. The van der Waals surface area contributed by atoms with E-state index in [4.69, 9.17) is 4.42 Å². The first-order valence-corrected chi connectivity index (χ1v) is 10.2. The van der Waals surface area contributed by atoms with E-state index in [0.717, 1.165) is 41.6 Å². The summed E-state index contributed by atoms with van der Waals surface area (Å²) in [4.78, 5) is 26.5. The van der Waals surface area contributed by atoms with Gasteiger partial charge in [0.1, 0.15) is 11.3 Å². The lowest BCUT2D eigenvalue weighted by Gasteiger charge is -2.32. The molecule has 0 radical (unpaired) electrons. The highest BCUT2D eigenvalue weighted by Crippen LogP contribution is 2.27. The number of furan rings is 1. The molecule has 1 aromatic heterocycles. The average molecular weight is 383 g/mol. The molecule has 1 N–H and O–H groups in total. The van der Waals surface area contributed by atoms with Crippen molar-refractivity contribution in [2.24, 2.45) is 5.92 Å². The summed E-state index contributed by atoms with van der Waals surface area (Å²) < 4.78 is 5.87. The summed E-state index contributed by atoms with van der Waals surface area (Å²) in [5.41, 5.74) is 1.82. The molecular formula is C23H30N2O3. The highest BCUT2D eigenvalue weighted by molar-refractivity contribution is 5.96. The van der Waals surface area contributed by atoms with Gasteiger partial charge in [0.15, 0.2) is 0 Å². The summed E-state index contributed by atoms with van der Waals surface area (Å²) in [7, 11) is 0. The number of aryl methyl sites for hydroxylation is 1. The Morgan fingerprint density at radius 3 is 2.64 bits per heavy atom. The van der Waals surface area contributed by atoms with Gasteiger partial charge in [-0.1, -0.05) is 39.0 Å². The molecule has 0 aliphatic carbocycles. The molecule has 2 aromatic rings. The van der Waals surface area contributed by atoms with Crippen LogP contribution in [0.15, 0.2) is 34.8 Å². The second-order valence-corrected chi connectivity index (χ2v) is 7.88. The van der Waals surface area contributed by atoms with Crippen molar-refractivity contribution in [2.45, 2.75) is 52.5 Å². The lowest BCUT2D eigenvalue weighted by atomic mass is 10.0. The Labute approximate surface area is 166 Å². The zero-order chi connectivity index (χ0) is 20.1. The van der Waals surface area contributed by atoms with E-state index in [9.17, 15) is 9.59 Å². The number of fused-ring (bicyclic) bond motifs is 1. The zero-order valence-corrected chi connectivity index (χ0v) is 17.0. The third kappa shape index (κ3) is 4.83. The van der Waals surface area contributed by atoms with Gasteiger partial charge in [-0.25, -0.2) is 0 Å². The molecule has 1 aliphatic heterocycles. The Morgan fingerprint density at radius 1 is 1.25 bits per heavy atom. The van der Waals surface area contributed by atoms with Crippen molar-refractivity contribution in [3.63, 3.8) is 0 Å². The fourth-order valence-electron chi connectivity index (χ4n) is 3.72. The number of carbonyl (C=O) groups is 2. The van der Waals surface area contributed by atoms with Crippen molar-refractivity contribution in [1.29, 1.82) is 0 Å². The van der Waals surface area contributed by atoms with Crippen LogP contribution in [-0.4, -0.2) is 35.8 Å². The van der Waals surface area contributed by atoms with Crippen LogP contribution in [0.25, 0.3) is 17.0 Å². The quantitative estimate of drug-likeness (QED) is 0.763. The number of hydrogen-bond acceptors (Lipinski definition) is 3. The van der Waals surface area contributed by atoms with Gasteiger partial charge in [0, 0.05) is 49.0 Å². The average Bonchev–Trinajstić information content (AvgIpc) is 3.04. The summed E-state index contributed by atoms with van der Waals surface area (Å²) in [5.74, 6) is 1.39. The van der Waals surface area contributed by atoms with Gasteiger partial charge in [0.05, 0.1) is 0 Å². The number of amides is 2. The summed E-state index contributed by atoms with van der Waals surface area (Å²) in [5, 5.41) is 4.10. The minimum Gasteiger partial charge on any atom is -0.460 e. The van der Waals surface area contributed by atoms with Crippen LogP contribution in [0.2, 0.25) is 0 Å². The van der Waals surface area contributed by atoms with E-state index in [-0.39, 0.29) is 17.9 Å². The number of rotatable bonds is 6. The maximum absolute atomic E-state index is 12.4. The molecule has 5 nitrogen and oxygen atoms in total. The first-order valence-electron chi connectivity index (χ1n) is 10.2. The first kappa shape index (κ1) is 20.2. The third-order valence-electron chi connectivity index (χ3n) is 5.21. The molecule has 28 heavy (non-hydrogen) atoms. The van der Waals surface area contributed by atoms with Crippen LogP contribution in [0.5, 0.6) is 0 Å². The molecular weight excluding hydrogens is 352 g/mol. The van der Waals surface area contributed by atoms with E-state index < -0.39 is 0 Å². The van der Waals surface area contributed by atoms with Crippen molar-refractivity contribution >= 4 is 28.9 Å².